The highest BCUT2D eigenvalue weighted by Crippen LogP contribution is 2.32. The number of methoxy groups -OCH3 is 1. The van der Waals surface area contributed by atoms with Crippen molar-refractivity contribution in [3.63, 3.8) is 0 Å². The Morgan fingerprint density at radius 3 is 1.98 bits per heavy atom. The van der Waals surface area contributed by atoms with Gasteiger partial charge in [0.15, 0.2) is 6.29 Å². The van der Waals surface area contributed by atoms with Crippen molar-refractivity contribution in [3.05, 3.63) is 0 Å². The van der Waals surface area contributed by atoms with Gasteiger partial charge in [-0.1, -0.05) is 27.7 Å². The molecule has 3 saturated heterocycles. The van der Waals surface area contributed by atoms with Crippen LogP contribution in [0, 0.1) is 23.7 Å². The monoisotopic (exact) mass is 709 g/mol. The minimum atomic E-state index is -0.848. The molecule has 3 fully saturated rings. The lowest BCUT2D eigenvalue weighted by atomic mass is 9.79. The summed E-state index contributed by atoms with van der Waals surface area (Å²) in [6.07, 6.45) is 5.77. The van der Waals surface area contributed by atoms with E-state index in [-0.39, 0.29) is 23.7 Å². The number of quaternary nitrogens is 1. The summed E-state index contributed by atoms with van der Waals surface area (Å²) in [6, 6.07) is 0.160. The van der Waals surface area contributed by atoms with Gasteiger partial charge in [0, 0.05) is 45.6 Å². The Kier molecular flexibility index (Phi) is 27.0. The maximum absolute atomic E-state index is 12.5. The van der Waals surface area contributed by atoms with E-state index in [4.69, 9.17) is 29.8 Å². The summed E-state index contributed by atoms with van der Waals surface area (Å²) < 4.78 is 21.8. The maximum atomic E-state index is 12.5. The zero-order chi connectivity index (χ0) is 38.5. The average Bonchev–Trinajstić information content (AvgIpc) is 3.06. The fourth-order valence-electron chi connectivity index (χ4n) is 6.73. The SMILES string of the molecule is CC1CC([NH+](C)C)CC(O)O1.CC1CCOC(C)C1.CCC1OC(=O)C(C)C(O)C(C)C[C@@](C)(OC)CC(C)C(=O)CCC1N.CN.CO. The maximum Gasteiger partial charge on any atom is 0.311 e. The summed E-state index contributed by atoms with van der Waals surface area (Å²) in [5, 5.41) is 26.9. The number of hydrogen-bond donors (Lipinski definition) is 6. The predicted molar refractivity (Wildman–Crippen MR) is 195 cm³/mol. The van der Waals surface area contributed by atoms with Gasteiger partial charge in [0.05, 0.1) is 56.4 Å². The number of aliphatic hydroxyl groups is 3. The molecule has 0 bridgehead atoms. The molecule has 3 aliphatic heterocycles. The van der Waals surface area contributed by atoms with E-state index in [0.29, 0.717) is 44.2 Å². The van der Waals surface area contributed by atoms with E-state index < -0.39 is 42.0 Å². The molecule has 0 aromatic heterocycles. The van der Waals surface area contributed by atoms with Crippen LogP contribution in [0.3, 0.4) is 0 Å². The first kappa shape index (κ1) is 49.9. The van der Waals surface area contributed by atoms with Crippen LogP contribution in [0.5, 0.6) is 0 Å². The highest BCUT2D eigenvalue weighted by atomic mass is 16.6. The number of ether oxygens (including phenoxy) is 4. The van der Waals surface area contributed by atoms with Gasteiger partial charge >= 0.3 is 5.97 Å². The molecule has 0 saturated carbocycles. The summed E-state index contributed by atoms with van der Waals surface area (Å²) in [7, 11) is 8.36. The molecule has 0 amide bonds. The third-order valence-corrected chi connectivity index (χ3v) is 9.93. The quantitative estimate of drug-likeness (QED) is 0.237. The van der Waals surface area contributed by atoms with Crippen LogP contribution in [0.1, 0.15) is 113 Å². The fourth-order valence-corrected chi connectivity index (χ4v) is 6.73. The van der Waals surface area contributed by atoms with Crippen molar-refractivity contribution in [3.8, 4) is 0 Å². The molecule has 12 atom stereocenters. The Hall–Kier alpha value is -1.22. The van der Waals surface area contributed by atoms with Crippen LogP contribution in [0.4, 0.5) is 0 Å². The van der Waals surface area contributed by atoms with Crippen molar-refractivity contribution in [2.24, 2.45) is 35.1 Å². The van der Waals surface area contributed by atoms with E-state index in [9.17, 15) is 19.8 Å². The number of Topliss-reactive ketones (excluding diaryl/α,β-unsaturated/α-hetero) is 1. The van der Waals surface area contributed by atoms with Gasteiger partial charge in [0.2, 0.25) is 0 Å². The molecule has 294 valence electrons. The number of esters is 1. The number of rotatable bonds is 3. The number of ketones is 1. The second-order valence-corrected chi connectivity index (χ2v) is 14.7. The lowest BCUT2D eigenvalue weighted by Gasteiger charge is -2.36. The summed E-state index contributed by atoms with van der Waals surface area (Å²) in [5.41, 5.74) is 10.1. The molecule has 0 aromatic carbocycles. The Bertz CT molecular complexity index is 849. The molecule has 12 nitrogen and oxygen atoms in total. The Morgan fingerprint density at radius 2 is 1.53 bits per heavy atom. The van der Waals surface area contributed by atoms with Crippen molar-refractivity contribution >= 4 is 11.8 Å². The van der Waals surface area contributed by atoms with Crippen molar-refractivity contribution in [1.82, 2.24) is 0 Å². The Morgan fingerprint density at radius 1 is 0.939 bits per heavy atom. The molecule has 3 aliphatic rings. The van der Waals surface area contributed by atoms with Crippen molar-refractivity contribution in [1.29, 1.82) is 0 Å². The van der Waals surface area contributed by atoms with E-state index in [1.54, 1.807) is 14.0 Å². The topological polar surface area (TPSA) is 188 Å². The third-order valence-electron chi connectivity index (χ3n) is 9.93. The van der Waals surface area contributed by atoms with Crippen LogP contribution >= 0.6 is 0 Å². The second kappa shape index (κ2) is 26.5. The molecule has 0 aliphatic carbocycles. The molecule has 49 heavy (non-hydrogen) atoms. The van der Waals surface area contributed by atoms with Gasteiger partial charge in [-0.15, -0.1) is 0 Å². The van der Waals surface area contributed by atoms with Gasteiger partial charge in [-0.25, -0.2) is 0 Å². The van der Waals surface area contributed by atoms with Gasteiger partial charge < -0.3 is 50.6 Å². The number of carbonyl (C=O) groups is 2. The van der Waals surface area contributed by atoms with E-state index in [0.717, 1.165) is 32.5 Å². The number of nitrogens with two attached hydrogens (primary N) is 2. The number of hydrogen-bond acceptors (Lipinski definition) is 11. The van der Waals surface area contributed by atoms with Gasteiger partial charge in [-0.2, -0.15) is 0 Å². The number of cyclic esters (lactones) is 1. The summed E-state index contributed by atoms with van der Waals surface area (Å²) in [6.45, 7) is 16.8. The largest absolute Gasteiger partial charge is 0.460 e. The zero-order valence-corrected chi connectivity index (χ0v) is 33.4. The summed E-state index contributed by atoms with van der Waals surface area (Å²) in [5.74, 6) is -0.389. The van der Waals surface area contributed by atoms with Crippen LogP contribution in [-0.4, -0.2) is 117 Å². The minimum absolute atomic E-state index is 0.142. The van der Waals surface area contributed by atoms with E-state index in [1.807, 2.05) is 34.6 Å². The van der Waals surface area contributed by atoms with Gasteiger partial charge in [0.1, 0.15) is 11.9 Å². The molecule has 0 spiro atoms. The molecule has 12 heteroatoms. The van der Waals surface area contributed by atoms with E-state index >= 15 is 0 Å². The lowest BCUT2D eigenvalue weighted by molar-refractivity contribution is -0.889. The van der Waals surface area contributed by atoms with Crippen molar-refractivity contribution < 1.29 is 48.8 Å². The molecular weight excluding hydrogens is 630 g/mol. The highest BCUT2D eigenvalue weighted by molar-refractivity contribution is 5.80. The van der Waals surface area contributed by atoms with Crippen molar-refractivity contribution in [2.45, 2.75) is 162 Å². The van der Waals surface area contributed by atoms with E-state index in [1.165, 1.54) is 24.8 Å². The Balaban J connectivity index is 0. The minimum Gasteiger partial charge on any atom is -0.460 e. The third kappa shape index (κ3) is 19.8. The highest BCUT2D eigenvalue weighted by Gasteiger charge is 2.37. The lowest BCUT2D eigenvalue weighted by Crippen LogP contribution is -3.10. The Labute approximate surface area is 298 Å². The average molecular weight is 709 g/mol. The number of aliphatic hydroxyl groups excluding tert-OH is 3. The molecule has 11 unspecified atom stereocenters. The predicted octanol–water partition coefficient (Wildman–Crippen LogP) is 2.47. The van der Waals surface area contributed by atoms with Crippen LogP contribution in [0.2, 0.25) is 0 Å². The summed E-state index contributed by atoms with van der Waals surface area (Å²) in [4.78, 5) is 26.4. The van der Waals surface area contributed by atoms with Crippen molar-refractivity contribution in [2.75, 3.05) is 42.0 Å². The number of carbonyl (C=O) groups excluding carboxylic acids is 2. The van der Waals surface area contributed by atoms with Gasteiger partial charge in [0.25, 0.3) is 0 Å². The standard InChI is InChI=1S/C20H37NO5.C8H17NO2.C7H14O.CH5N.CH4O/c1-7-17-15(21)8-9-16(22)12(2)10-20(5,25-6)11-13(3)18(23)14(4)19(24)26-17;1-6-4-7(9(2)3)5-8(10)11-6;1-6-3-4-8-7(2)5-6;2*1-2/h12-15,17-18,23H,7-11,21H2,1-6H3;6-8,10H,4-5H2,1-3H3;6-7H,3-5H2,1-2H3;2H2,1H3;2H,1H3/p+1/t12?,13?,14?,15?,17?,18?,20-;;;;/m0..../s1. The second-order valence-electron chi connectivity index (χ2n) is 14.7. The number of nitrogens with one attached hydrogen (secondary N) is 1. The van der Waals surface area contributed by atoms with Crippen LogP contribution in [-0.2, 0) is 28.5 Å². The first-order chi connectivity index (χ1) is 22.9. The zero-order valence-electron chi connectivity index (χ0n) is 33.4. The molecule has 0 radical (unpaired) electrons. The fraction of sp³-hybridized carbons (Fsp3) is 0.946. The first-order valence-corrected chi connectivity index (χ1v) is 18.4. The molecule has 3 rings (SSSR count). The van der Waals surface area contributed by atoms with Crippen LogP contribution in [0.25, 0.3) is 0 Å². The first-order valence-electron chi connectivity index (χ1n) is 18.4. The van der Waals surface area contributed by atoms with Crippen LogP contribution in [0.15, 0.2) is 0 Å². The molecular formula is C37H78N3O9+. The van der Waals surface area contributed by atoms with E-state index in [2.05, 4.69) is 33.7 Å². The molecule has 0 aromatic rings. The summed E-state index contributed by atoms with van der Waals surface area (Å²) >= 11 is 0. The normalized spacial score (nSPS) is 37.6. The van der Waals surface area contributed by atoms with Crippen LogP contribution < -0.4 is 16.4 Å². The smallest absolute Gasteiger partial charge is 0.311 e. The van der Waals surface area contributed by atoms with Gasteiger partial charge in [-0.05, 0) is 85.1 Å². The molecule has 3 heterocycles. The van der Waals surface area contributed by atoms with Gasteiger partial charge in [-0.3, -0.25) is 9.59 Å². The molecule has 8 N–H and O–H groups in total.